The topological polar surface area (TPSA) is 0 Å². The van der Waals surface area contributed by atoms with E-state index in [-0.39, 0.29) is 0 Å². The normalized spacial score (nSPS) is 12.2. The van der Waals surface area contributed by atoms with Gasteiger partial charge in [-0.2, -0.15) is 4.39 Å². The van der Waals surface area contributed by atoms with Gasteiger partial charge in [0.1, 0.15) is 0 Å². The molecule has 0 radical (unpaired) electrons. The summed E-state index contributed by atoms with van der Waals surface area (Å²) in [6, 6.07) is 15.6. The van der Waals surface area contributed by atoms with Crippen LogP contribution >= 0.6 is 11.6 Å². The Kier molecular flexibility index (Phi) is 4.39. The Morgan fingerprint density at radius 2 is 1.74 bits per heavy atom. The van der Waals surface area contributed by atoms with Crippen LogP contribution in [0.25, 0.3) is 5.57 Å². The van der Waals surface area contributed by atoms with Crippen LogP contribution in [0.2, 0.25) is 0 Å². The van der Waals surface area contributed by atoms with E-state index in [4.69, 9.17) is 11.6 Å². The first kappa shape index (κ1) is 13.8. The van der Waals surface area contributed by atoms with E-state index >= 15 is 0 Å². The molecule has 0 bridgehead atoms. The minimum absolute atomic E-state index is 0.507. The number of benzene rings is 2. The number of rotatable bonds is 3. The Morgan fingerprint density at radius 3 is 2.37 bits per heavy atom. The maximum absolute atomic E-state index is 13.6. The summed E-state index contributed by atoms with van der Waals surface area (Å²) < 4.78 is 13.6. The second-order valence-electron chi connectivity index (χ2n) is 4.71. The Bertz CT molecular complexity index is 596. The van der Waals surface area contributed by atoms with Crippen LogP contribution in [0.15, 0.2) is 53.8 Å². The van der Waals surface area contributed by atoms with Crippen molar-refractivity contribution in [3.8, 4) is 0 Å². The highest BCUT2D eigenvalue weighted by Gasteiger charge is 2.10. The monoisotopic (exact) mass is 274 g/mol. The Labute approximate surface area is 118 Å². The zero-order valence-electron chi connectivity index (χ0n) is 11.1. The SMILES string of the molecule is Cc1ccc(C)c(C/C(=C(\F)Cl)c2ccccc2)c1. The summed E-state index contributed by atoms with van der Waals surface area (Å²) in [5, 5.41) is -0.632. The summed E-state index contributed by atoms with van der Waals surface area (Å²) in [4.78, 5) is 0. The van der Waals surface area contributed by atoms with Crippen molar-refractivity contribution in [1.82, 2.24) is 0 Å². The van der Waals surface area contributed by atoms with E-state index in [0.717, 1.165) is 16.7 Å². The molecule has 0 saturated carbocycles. The minimum Gasteiger partial charge on any atom is -0.193 e. The largest absolute Gasteiger partial charge is 0.193 e. The van der Waals surface area contributed by atoms with Crippen molar-refractivity contribution in [2.45, 2.75) is 20.3 Å². The number of aryl methyl sites for hydroxylation is 2. The number of hydrogen-bond acceptors (Lipinski definition) is 0. The summed E-state index contributed by atoms with van der Waals surface area (Å²) in [6.45, 7) is 4.06. The van der Waals surface area contributed by atoms with Gasteiger partial charge in [-0.3, -0.25) is 0 Å². The number of allylic oxidation sites excluding steroid dienone is 1. The van der Waals surface area contributed by atoms with E-state index < -0.39 is 5.29 Å². The lowest BCUT2D eigenvalue weighted by molar-refractivity contribution is 0.695. The predicted molar refractivity (Wildman–Crippen MR) is 79.9 cm³/mol. The molecule has 2 aromatic rings. The van der Waals surface area contributed by atoms with Crippen LogP contribution in [0.3, 0.4) is 0 Å². The first-order valence-corrected chi connectivity index (χ1v) is 6.61. The van der Waals surface area contributed by atoms with Crippen LogP contribution in [0, 0.1) is 13.8 Å². The highest BCUT2D eigenvalue weighted by atomic mass is 35.5. The van der Waals surface area contributed by atoms with Gasteiger partial charge in [-0.25, -0.2) is 0 Å². The lowest BCUT2D eigenvalue weighted by Crippen LogP contribution is -1.95. The molecule has 2 heteroatoms. The maximum atomic E-state index is 13.6. The summed E-state index contributed by atoms with van der Waals surface area (Å²) in [7, 11) is 0. The van der Waals surface area contributed by atoms with Crippen molar-refractivity contribution in [2.24, 2.45) is 0 Å². The van der Waals surface area contributed by atoms with Crippen LogP contribution < -0.4 is 0 Å². The third-order valence-corrected chi connectivity index (χ3v) is 3.45. The molecule has 2 rings (SSSR count). The van der Waals surface area contributed by atoms with Gasteiger partial charge in [0, 0.05) is 12.0 Å². The second kappa shape index (κ2) is 6.03. The van der Waals surface area contributed by atoms with Gasteiger partial charge in [-0.15, -0.1) is 0 Å². The third kappa shape index (κ3) is 3.45. The molecule has 0 aliphatic carbocycles. The van der Waals surface area contributed by atoms with Gasteiger partial charge in [0.2, 0.25) is 0 Å². The van der Waals surface area contributed by atoms with Gasteiger partial charge in [-0.05, 0) is 30.5 Å². The van der Waals surface area contributed by atoms with Gasteiger partial charge in [0.15, 0.2) is 5.29 Å². The Balaban J connectivity index is 2.39. The van der Waals surface area contributed by atoms with E-state index in [1.165, 1.54) is 5.56 Å². The molecule has 98 valence electrons. The first-order valence-electron chi connectivity index (χ1n) is 6.23. The molecule has 2 aromatic carbocycles. The van der Waals surface area contributed by atoms with Crippen molar-refractivity contribution in [3.05, 3.63) is 76.1 Å². The average Bonchev–Trinajstić information content (AvgIpc) is 2.40. The molecule has 0 saturated heterocycles. The van der Waals surface area contributed by atoms with Crippen LogP contribution in [0.5, 0.6) is 0 Å². The van der Waals surface area contributed by atoms with Crippen molar-refractivity contribution in [3.63, 3.8) is 0 Å². The molecular formula is C17H16ClF. The van der Waals surface area contributed by atoms with Crippen LogP contribution in [0.1, 0.15) is 22.3 Å². The summed E-state index contributed by atoms with van der Waals surface area (Å²) in [6.07, 6.45) is 0.507. The fourth-order valence-corrected chi connectivity index (χ4v) is 2.27. The van der Waals surface area contributed by atoms with Gasteiger partial charge in [-0.1, -0.05) is 65.7 Å². The molecular weight excluding hydrogens is 259 g/mol. The van der Waals surface area contributed by atoms with E-state index in [0.29, 0.717) is 12.0 Å². The molecule has 0 amide bonds. The van der Waals surface area contributed by atoms with E-state index in [1.54, 1.807) is 0 Å². The quantitative estimate of drug-likeness (QED) is 0.701. The molecule has 0 N–H and O–H groups in total. The van der Waals surface area contributed by atoms with Crippen molar-refractivity contribution < 1.29 is 4.39 Å². The van der Waals surface area contributed by atoms with E-state index in [1.807, 2.05) is 44.2 Å². The van der Waals surface area contributed by atoms with E-state index in [2.05, 4.69) is 18.2 Å². The van der Waals surface area contributed by atoms with Crippen molar-refractivity contribution in [1.29, 1.82) is 0 Å². The molecule has 0 aromatic heterocycles. The summed E-state index contributed by atoms with van der Waals surface area (Å²) in [5.74, 6) is 0. The lowest BCUT2D eigenvalue weighted by atomic mass is 9.95. The Hall–Kier alpha value is -1.60. The minimum atomic E-state index is -0.632. The zero-order valence-corrected chi connectivity index (χ0v) is 11.8. The number of halogens is 2. The molecule has 0 fully saturated rings. The molecule has 0 unspecified atom stereocenters. The molecule has 19 heavy (non-hydrogen) atoms. The summed E-state index contributed by atoms with van der Waals surface area (Å²) in [5.41, 5.74) is 4.79. The van der Waals surface area contributed by atoms with Crippen LogP contribution in [0.4, 0.5) is 4.39 Å². The van der Waals surface area contributed by atoms with Gasteiger partial charge in [0.05, 0.1) is 0 Å². The molecule has 0 atom stereocenters. The predicted octanol–water partition coefficient (Wildman–Crippen LogP) is 5.42. The van der Waals surface area contributed by atoms with Crippen LogP contribution in [-0.4, -0.2) is 0 Å². The van der Waals surface area contributed by atoms with Crippen LogP contribution in [-0.2, 0) is 6.42 Å². The fraction of sp³-hybridized carbons (Fsp3) is 0.176. The lowest BCUT2D eigenvalue weighted by Gasteiger charge is -2.11. The standard InChI is InChI=1S/C17H16ClF/c1-12-8-9-13(2)15(10-12)11-16(17(18)19)14-6-4-3-5-7-14/h3-10H,11H2,1-2H3/b17-16+. The molecule has 0 heterocycles. The highest BCUT2D eigenvalue weighted by molar-refractivity contribution is 6.31. The number of hydrogen-bond donors (Lipinski definition) is 0. The zero-order chi connectivity index (χ0) is 13.8. The van der Waals surface area contributed by atoms with Crippen molar-refractivity contribution in [2.75, 3.05) is 0 Å². The fourth-order valence-electron chi connectivity index (χ4n) is 2.10. The van der Waals surface area contributed by atoms with Gasteiger partial charge >= 0.3 is 0 Å². The Morgan fingerprint density at radius 1 is 1.05 bits per heavy atom. The molecule has 0 aliphatic heterocycles. The molecule has 0 aliphatic rings. The van der Waals surface area contributed by atoms with Crippen molar-refractivity contribution >= 4 is 17.2 Å². The van der Waals surface area contributed by atoms with Gasteiger partial charge < -0.3 is 0 Å². The average molecular weight is 275 g/mol. The maximum Gasteiger partial charge on any atom is 0.193 e. The summed E-state index contributed by atoms with van der Waals surface area (Å²) >= 11 is 5.63. The smallest absolute Gasteiger partial charge is 0.193 e. The molecule has 0 nitrogen and oxygen atoms in total. The van der Waals surface area contributed by atoms with E-state index in [9.17, 15) is 4.39 Å². The first-order chi connectivity index (χ1) is 9.08. The third-order valence-electron chi connectivity index (χ3n) is 3.22. The molecule has 0 spiro atoms. The highest BCUT2D eigenvalue weighted by Crippen LogP contribution is 2.27. The van der Waals surface area contributed by atoms with Gasteiger partial charge in [0.25, 0.3) is 0 Å². The second-order valence-corrected chi connectivity index (χ2v) is 5.04.